The minimum absolute atomic E-state index is 0.0716. The first-order valence-corrected chi connectivity index (χ1v) is 12.2. The van der Waals surface area contributed by atoms with Gasteiger partial charge in [-0.25, -0.2) is 4.39 Å². The molecule has 3 N–H and O–H groups in total. The zero-order valence-corrected chi connectivity index (χ0v) is 21.1. The summed E-state index contributed by atoms with van der Waals surface area (Å²) in [7, 11) is 4.19. The molecule has 4 rings (SSSR count). The maximum absolute atomic E-state index is 15.3. The number of nitrogens with zero attached hydrogens (tertiary/aromatic N) is 5. The van der Waals surface area contributed by atoms with Crippen LogP contribution in [0.5, 0.6) is 0 Å². The van der Waals surface area contributed by atoms with Gasteiger partial charge in [-0.2, -0.15) is 5.10 Å². The minimum atomic E-state index is -0.260. The van der Waals surface area contributed by atoms with Gasteiger partial charge in [-0.1, -0.05) is 11.6 Å². The lowest BCUT2D eigenvalue weighted by molar-refractivity contribution is 0.315. The molecule has 2 fully saturated rings. The molecular formula is C24H31ClFN7S. The smallest absolute Gasteiger partial charge is 0.184 e. The lowest BCUT2D eigenvalue weighted by Gasteiger charge is -2.38. The SMILES string of the molecule is CN(C)C1CCN(c2cc(N3CCN(c4ccc(Cl)cc4)CC3)c(F)cc2C=NNC(N)=S)C1. The Kier molecular flexibility index (Phi) is 7.75. The molecule has 182 valence electrons. The predicted octanol–water partition coefficient (Wildman–Crippen LogP) is 3.11. The second-order valence-corrected chi connectivity index (χ2v) is 9.78. The lowest BCUT2D eigenvalue weighted by atomic mass is 10.1. The van der Waals surface area contributed by atoms with Crippen LogP contribution in [0.1, 0.15) is 12.0 Å². The summed E-state index contributed by atoms with van der Waals surface area (Å²) in [6.45, 7) is 4.87. The van der Waals surface area contributed by atoms with Crippen LogP contribution in [-0.2, 0) is 0 Å². The van der Waals surface area contributed by atoms with E-state index in [0.29, 0.717) is 17.3 Å². The van der Waals surface area contributed by atoms with Crippen LogP contribution in [0.25, 0.3) is 0 Å². The van der Waals surface area contributed by atoms with Crippen molar-refractivity contribution >= 4 is 52.2 Å². The molecule has 2 aromatic carbocycles. The van der Waals surface area contributed by atoms with Crippen LogP contribution < -0.4 is 25.9 Å². The van der Waals surface area contributed by atoms with Crippen molar-refractivity contribution in [3.63, 3.8) is 0 Å². The van der Waals surface area contributed by atoms with E-state index in [-0.39, 0.29) is 10.9 Å². The number of benzene rings is 2. The fraction of sp³-hybridized carbons (Fsp3) is 0.417. The van der Waals surface area contributed by atoms with Crippen LogP contribution in [0, 0.1) is 5.82 Å². The maximum atomic E-state index is 15.3. The zero-order chi connectivity index (χ0) is 24.2. The molecule has 2 aliphatic rings. The zero-order valence-electron chi connectivity index (χ0n) is 19.5. The highest BCUT2D eigenvalue weighted by molar-refractivity contribution is 7.80. The highest BCUT2D eigenvalue weighted by atomic mass is 35.5. The van der Waals surface area contributed by atoms with E-state index in [9.17, 15) is 0 Å². The van der Waals surface area contributed by atoms with Gasteiger partial charge in [0, 0.05) is 67.3 Å². The summed E-state index contributed by atoms with van der Waals surface area (Å²) in [6.07, 6.45) is 2.64. The Morgan fingerprint density at radius 3 is 2.38 bits per heavy atom. The van der Waals surface area contributed by atoms with Gasteiger partial charge in [0.1, 0.15) is 5.82 Å². The Labute approximate surface area is 210 Å². The van der Waals surface area contributed by atoms with E-state index in [2.05, 4.69) is 44.2 Å². The molecule has 0 aliphatic carbocycles. The summed E-state index contributed by atoms with van der Waals surface area (Å²) in [5.41, 5.74) is 11.5. The molecule has 2 aromatic rings. The normalized spacial score (nSPS) is 18.9. The van der Waals surface area contributed by atoms with E-state index in [1.54, 1.807) is 12.3 Å². The van der Waals surface area contributed by atoms with E-state index in [0.717, 1.165) is 62.1 Å². The van der Waals surface area contributed by atoms with E-state index in [1.807, 2.05) is 30.3 Å². The molecule has 34 heavy (non-hydrogen) atoms. The molecule has 7 nitrogen and oxygen atoms in total. The molecule has 2 saturated heterocycles. The van der Waals surface area contributed by atoms with Crippen molar-refractivity contribution < 1.29 is 4.39 Å². The number of likely N-dealkylation sites (N-methyl/N-ethyl adjacent to an activating group) is 1. The fourth-order valence-electron chi connectivity index (χ4n) is 4.59. The Bertz CT molecular complexity index is 1040. The first-order chi connectivity index (χ1) is 16.3. The van der Waals surface area contributed by atoms with Crippen LogP contribution >= 0.6 is 23.8 Å². The molecule has 10 heteroatoms. The van der Waals surface area contributed by atoms with Gasteiger partial charge in [-0.15, -0.1) is 0 Å². The maximum Gasteiger partial charge on any atom is 0.184 e. The molecule has 2 heterocycles. The van der Waals surface area contributed by atoms with Gasteiger partial charge in [-0.3, -0.25) is 5.43 Å². The van der Waals surface area contributed by atoms with Crippen LogP contribution in [0.4, 0.5) is 21.5 Å². The van der Waals surface area contributed by atoms with Crippen molar-refractivity contribution in [3.8, 4) is 0 Å². The van der Waals surface area contributed by atoms with E-state index in [1.165, 1.54) is 0 Å². The first kappa shape index (κ1) is 24.5. The molecule has 0 spiro atoms. The molecule has 1 atom stereocenters. The van der Waals surface area contributed by atoms with Crippen LogP contribution in [0.3, 0.4) is 0 Å². The standard InChI is InChI=1S/C24H31ClFN7S/c1-30(2)20-7-8-33(16-20)22-14-23(21(26)13-17(22)15-28-29-24(27)34)32-11-9-31(10-12-32)19-5-3-18(25)4-6-19/h3-6,13-15,20H,7-12,16H2,1-2H3,(H3,27,29,34). The Balaban J connectivity index is 1.56. The quantitative estimate of drug-likeness (QED) is 0.357. The van der Waals surface area contributed by atoms with E-state index in [4.69, 9.17) is 29.6 Å². The monoisotopic (exact) mass is 503 g/mol. The third-order valence-electron chi connectivity index (χ3n) is 6.52. The molecule has 0 aromatic heterocycles. The van der Waals surface area contributed by atoms with E-state index < -0.39 is 0 Å². The average molecular weight is 504 g/mol. The molecule has 0 saturated carbocycles. The van der Waals surface area contributed by atoms with Gasteiger partial charge >= 0.3 is 0 Å². The highest BCUT2D eigenvalue weighted by Gasteiger charge is 2.28. The molecule has 0 radical (unpaired) electrons. The van der Waals surface area contributed by atoms with Crippen molar-refractivity contribution in [3.05, 3.63) is 52.8 Å². The molecule has 1 unspecified atom stereocenters. The van der Waals surface area contributed by atoms with E-state index >= 15 is 4.39 Å². The van der Waals surface area contributed by atoms with Gasteiger partial charge in [0.15, 0.2) is 5.11 Å². The van der Waals surface area contributed by atoms with Crippen LogP contribution in [0.15, 0.2) is 41.5 Å². The number of hydrogen-bond donors (Lipinski definition) is 2. The third kappa shape index (κ3) is 5.71. The highest BCUT2D eigenvalue weighted by Crippen LogP contribution is 2.33. The summed E-state index contributed by atoms with van der Waals surface area (Å²) in [5.74, 6) is -0.260. The Morgan fingerprint density at radius 1 is 1.09 bits per heavy atom. The number of rotatable bonds is 6. The predicted molar refractivity (Wildman–Crippen MR) is 144 cm³/mol. The summed E-state index contributed by atoms with van der Waals surface area (Å²) < 4.78 is 15.3. The number of thiocarbonyl (C=S) groups is 1. The topological polar surface area (TPSA) is 63.4 Å². The lowest BCUT2D eigenvalue weighted by Crippen LogP contribution is -2.47. The van der Waals surface area contributed by atoms with Crippen molar-refractivity contribution in [1.29, 1.82) is 0 Å². The number of hydrogen-bond acceptors (Lipinski definition) is 6. The Morgan fingerprint density at radius 2 is 1.76 bits per heavy atom. The summed E-state index contributed by atoms with van der Waals surface area (Å²) >= 11 is 10.8. The number of hydrazone groups is 1. The van der Waals surface area contributed by atoms with Crippen LogP contribution in [-0.4, -0.2) is 75.6 Å². The largest absolute Gasteiger partial charge is 0.375 e. The second kappa shape index (κ2) is 10.8. The summed E-state index contributed by atoms with van der Waals surface area (Å²) in [5, 5.41) is 4.88. The van der Waals surface area contributed by atoms with Gasteiger partial charge < -0.3 is 25.3 Å². The van der Waals surface area contributed by atoms with Gasteiger partial charge in [0.2, 0.25) is 0 Å². The van der Waals surface area contributed by atoms with Crippen molar-refractivity contribution in [2.24, 2.45) is 10.8 Å². The Hall–Kier alpha value is -2.62. The number of nitrogens with one attached hydrogen (secondary N) is 1. The van der Waals surface area contributed by atoms with Crippen molar-refractivity contribution in [2.45, 2.75) is 12.5 Å². The number of nitrogens with two attached hydrogens (primary N) is 1. The van der Waals surface area contributed by atoms with Gasteiger partial charge in [-0.05, 0) is 69.1 Å². The average Bonchev–Trinajstić information content (AvgIpc) is 3.30. The van der Waals surface area contributed by atoms with Crippen LogP contribution in [0.2, 0.25) is 5.02 Å². The molecular weight excluding hydrogens is 473 g/mol. The first-order valence-electron chi connectivity index (χ1n) is 11.4. The van der Waals surface area contributed by atoms with Crippen molar-refractivity contribution in [1.82, 2.24) is 10.3 Å². The molecule has 0 bridgehead atoms. The van der Waals surface area contributed by atoms with Gasteiger partial charge in [0.05, 0.1) is 11.9 Å². The molecule has 0 amide bonds. The third-order valence-corrected chi connectivity index (χ3v) is 6.86. The second-order valence-electron chi connectivity index (χ2n) is 8.90. The number of anilines is 3. The van der Waals surface area contributed by atoms with Crippen molar-refractivity contribution in [2.75, 3.05) is 68.1 Å². The summed E-state index contributed by atoms with van der Waals surface area (Å²) in [4.78, 5) is 8.97. The fourth-order valence-corrected chi connectivity index (χ4v) is 4.77. The number of piperazine rings is 1. The minimum Gasteiger partial charge on any atom is -0.375 e. The molecule has 2 aliphatic heterocycles. The number of halogens is 2. The summed E-state index contributed by atoms with van der Waals surface area (Å²) in [6, 6.07) is 11.8. The van der Waals surface area contributed by atoms with Gasteiger partial charge in [0.25, 0.3) is 0 Å².